The van der Waals surface area contributed by atoms with Gasteiger partial charge in [-0.15, -0.1) is 0 Å². The summed E-state index contributed by atoms with van der Waals surface area (Å²) >= 11 is 0. The van der Waals surface area contributed by atoms with Crippen molar-refractivity contribution in [2.45, 2.75) is 0 Å². The molecule has 29 heavy (non-hydrogen) atoms. The Kier molecular flexibility index (Phi) is 5.16. The van der Waals surface area contributed by atoms with E-state index in [2.05, 4.69) is 20.3 Å². The summed E-state index contributed by atoms with van der Waals surface area (Å²) in [5.74, 6) is -0.00212. The van der Waals surface area contributed by atoms with Gasteiger partial charge in [-0.3, -0.25) is 14.9 Å². The van der Waals surface area contributed by atoms with E-state index in [1.54, 1.807) is 30.6 Å². The average Bonchev–Trinajstić information content (AvgIpc) is 3.26. The molecule has 0 bridgehead atoms. The highest BCUT2D eigenvalue weighted by Crippen LogP contribution is 2.18. The largest absolute Gasteiger partial charge is 0.378 e. The SMILES string of the molecule is O=C(Nc1ccc(N2CCOCC2)cn1)c1ccn(-c2cccc([N+](=O)[O-])c2)n1. The van der Waals surface area contributed by atoms with Crippen LogP contribution in [-0.4, -0.2) is 51.9 Å². The summed E-state index contributed by atoms with van der Waals surface area (Å²) in [5, 5.41) is 17.8. The third-order valence-corrected chi connectivity index (χ3v) is 4.49. The molecule has 1 amide bonds. The van der Waals surface area contributed by atoms with Crippen LogP contribution in [0, 0.1) is 10.1 Å². The van der Waals surface area contributed by atoms with Crippen LogP contribution >= 0.6 is 0 Å². The quantitative estimate of drug-likeness (QED) is 0.521. The topological polar surface area (TPSA) is 115 Å². The van der Waals surface area contributed by atoms with E-state index in [1.807, 2.05) is 6.07 Å². The van der Waals surface area contributed by atoms with E-state index in [9.17, 15) is 14.9 Å². The molecule has 1 N–H and O–H groups in total. The molecule has 4 rings (SSSR count). The number of carbonyl (C=O) groups excluding carboxylic acids is 1. The molecular formula is C19H18N6O4. The molecule has 10 heteroatoms. The highest BCUT2D eigenvalue weighted by Gasteiger charge is 2.14. The summed E-state index contributed by atoms with van der Waals surface area (Å²) in [6, 6.07) is 11.2. The van der Waals surface area contributed by atoms with Crippen LogP contribution in [0.1, 0.15) is 10.5 Å². The number of non-ortho nitro benzene ring substituents is 1. The fraction of sp³-hybridized carbons (Fsp3) is 0.211. The van der Waals surface area contributed by atoms with Gasteiger partial charge in [0.15, 0.2) is 5.69 Å². The number of benzene rings is 1. The fourth-order valence-corrected chi connectivity index (χ4v) is 2.99. The van der Waals surface area contributed by atoms with Crippen molar-refractivity contribution in [1.82, 2.24) is 14.8 Å². The minimum absolute atomic E-state index is 0.0476. The molecule has 3 aromatic rings. The molecule has 0 saturated carbocycles. The second-order valence-electron chi connectivity index (χ2n) is 6.38. The Bertz CT molecular complexity index is 1030. The zero-order valence-corrected chi connectivity index (χ0v) is 15.4. The van der Waals surface area contributed by atoms with E-state index in [4.69, 9.17) is 4.74 Å². The normalized spacial score (nSPS) is 13.9. The lowest BCUT2D eigenvalue weighted by atomic mass is 10.3. The highest BCUT2D eigenvalue weighted by atomic mass is 16.6. The van der Waals surface area contributed by atoms with Gasteiger partial charge in [-0.1, -0.05) is 6.07 Å². The molecule has 0 aliphatic carbocycles. The molecule has 3 heterocycles. The first-order valence-electron chi connectivity index (χ1n) is 9.01. The van der Waals surface area contributed by atoms with Gasteiger partial charge in [0.05, 0.1) is 35.7 Å². The number of pyridine rings is 1. The summed E-state index contributed by atoms with van der Waals surface area (Å²) in [7, 11) is 0. The lowest BCUT2D eigenvalue weighted by Crippen LogP contribution is -2.36. The Morgan fingerprint density at radius 1 is 1.14 bits per heavy atom. The lowest BCUT2D eigenvalue weighted by Gasteiger charge is -2.28. The van der Waals surface area contributed by atoms with E-state index >= 15 is 0 Å². The molecule has 0 atom stereocenters. The molecule has 1 aromatic carbocycles. The van der Waals surface area contributed by atoms with Gasteiger partial charge in [0.1, 0.15) is 5.82 Å². The number of morpholine rings is 1. The first-order chi connectivity index (χ1) is 14.1. The van der Waals surface area contributed by atoms with Crippen molar-refractivity contribution in [3.05, 3.63) is 70.7 Å². The zero-order valence-electron chi connectivity index (χ0n) is 15.4. The van der Waals surface area contributed by atoms with Crippen LogP contribution < -0.4 is 10.2 Å². The first-order valence-corrected chi connectivity index (χ1v) is 9.01. The predicted molar refractivity (Wildman–Crippen MR) is 105 cm³/mol. The summed E-state index contributed by atoms with van der Waals surface area (Å²) in [5.41, 5.74) is 1.59. The van der Waals surface area contributed by atoms with E-state index in [-0.39, 0.29) is 11.4 Å². The van der Waals surface area contributed by atoms with Crippen molar-refractivity contribution < 1.29 is 14.5 Å². The molecule has 0 spiro atoms. The maximum Gasteiger partial charge on any atom is 0.277 e. The molecule has 1 saturated heterocycles. The number of nitrogens with zero attached hydrogens (tertiary/aromatic N) is 5. The van der Waals surface area contributed by atoms with E-state index in [0.717, 1.165) is 18.8 Å². The second-order valence-corrected chi connectivity index (χ2v) is 6.38. The molecule has 2 aromatic heterocycles. The van der Waals surface area contributed by atoms with Crippen LogP contribution in [0.4, 0.5) is 17.2 Å². The van der Waals surface area contributed by atoms with Gasteiger partial charge in [-0.2, -0.15) is 5.10 Å². The average molecular weight is 394 g/mol. The fourth-order valence-electron chi connectivity index (χ4n) is 2.99. The summed E-state index contributed by atoms with van der Waals surface area (Å²) < 4.78 is 6.75. The number of hydrogen-bond acceptors (Lipinski definition) is 7. The molecule has 1 fully saturated rings. The number of nitrogens with one attached hydrogen (secondary N) is 1. The van der Waals surface area contributed by atoms with E-state index < -0.39 is 10.8 Å². The summed E-state index contributed by atoms with van der Waals surface area (Å²) in [6.45, 7) is 2.99. The Morgan fingerprint density at radius 2 is 1.97 bits per heavy atom. The molecule has 148 valence electrons. The minimum Gasteiger partial charge on any atom is -0.378 e. The molecule has 0 radical (unpaired) electrons. The maximum atomic E-state index is 12.5. The highest BCUT2D eigenvalue weighted by molar-refractivity contribution is 6.02. The number of anilines is 2. The van der Waals surface area contributed by atoms with E-state index in [0.29, 0.717) is 24.7 Å². The van der Waals surface area contributed by atoms with Crippen LogP contribution in [0.15, 0.2) is 54.9 Å². The van der Waals surface area contributed by atoms with Gasteiger partial charge < -0.3 is 15.0 Å². The third-order valence-electron chi connectivity index (χ3n) is 4.49. The van der Waals surface area contributed by atoms with Crippen LogP contribution in [0.5, 0.6) is 0 Å². The van der Waals surface area contributed by atoms with E-state index in [1.165, 1.54) is 22.9 Å². The van der Waals surface area contributed by atoms with Crippen LogP contribution in [0.2, 0.25) is 0 Å². The van der Waals surface area contributed by atoms with Gasteiger partial charge in [-0.05, 0) is 24.3 Å². The minimum atomic E-state index is -0.479. The number of nitro benzene ring substituents is 1. The van der Waals surface area contributed by atoms with Crippen molar-refractivity contribution in [2.75, 3.05) is 36.5 Å². The van der Waals surface area contributed by atoms with Gasteiger partial charge in [-0.25, -0.2) is 9.67 Å². The van der Waals surface area contributed by atoms with Crippen LogP contribution in [0.3, 0.4) is 0 Å². The third kappa shape index (κ3) is 4.22. The number of carbonyl (C=O) groups is 1. The second kappa shape index (κ2) is 8.07. The standard InChI is InChI=1S/C19H18N6O4/c26-19(21-18-5-4-16(13-20-18)23-8-10-29-11-9-23)17-6-7-24(22-17)14-2-1-3-15(12-14)25(27)28/h1-7,12-13H,8-11H2,(H,20,21,26). The Labute approximate surface area is 165 Å². The Hall–Kier alpha value is -3.79. The Morgan fingerprint density at radius 3 is 2.69 bits per heavy atom. The smallest absolute Gasteiger partial charge is 0.277 e. The van der Waals surface area contributed by atoms with Crippen molar-refractivity contribution in [2.24, 2.45) is 0 Å². The predicted octanol–water partition coefficient (Wildman–Crippen LogP) is 2.26. The van der Waals surface area contributed by atoms with Gasteiger partial charge in [0.25, 0.3) is 11.6 Å². The molecule has 1 aliphatic heterocycles. The number of hydrogen-bond donors (Lipinski definition) is 1. The van der Waals surface area contributed by atoms with Crippen molar-refractivity contribution in [1.29, 1.82) is 0 Å². The van der Waals surface area contributed by atoms with Gasteiger partial charge in [0, 0.05) is 31.4 Å². The molecular weight excluding hydrogens is 376 g/mol. The van der Waals surface area contributed by atoms with Crippen molar-refractivity contribution >= 4 is 23.1 Å². The number of rotatable bonds is 5. The number of aromatic nitrogens is 3. The maximum absolute atomic E-state index is 12.5. The number of ether oxygens (including phenoxy) is 1. The molecule has 1 aliphatic rings. The van der Waals surface area contributed by atoms with Crippen LogP contribution in [0.25, 0.3) is 5.69 Å². The molecule has 10 nitrogen and oxygen atoms in total. The number of amides is 1. The van der Waals surface area contributed by atoms with Crippen LogP contribution in [-0.2, 0) is 4.74 Å². The zero-order chi connectivity index (χ0) is 20.2. The monoisotopic (exact) mass is 394 g/mol. The Balaban J connectivity index is 1.44. The molecule has 0 unspecified atom stereocenters. The lowest BCUT2D eigenvalue weighted by molar-refractivity contribution is -0.384. The van der Waals surface area contributed by atoms with Crippen molar-refractivity contribution in [3.8, 4) is 5.69 Å². The summed E-state index contributed by atoms with van der Waals surface area (Å²) in [4.78, 5) is 29.4. The van der Waals surface area contributed by atoms with Gasteiger partial charge in [0.2, 0.25) is 0 Å². The summed E-state index contributed by atoms with van der Waals surface area (Å²) in [6.07, 6.45) is 3.28. The van der Waals surface area contributed by atoms with Gasteiger partial charge >= 0.3 is 0 Å². The number of nitro groups is 1. The first kappa shape index (κ1) is 18.6. The van der Waals surface area contributed by atoms with Crippen molar-refractivity contribution in [3.63, 3.8) is 0 Å².